The van der Waals surface area contributed by atoms with Gasteiger partial charge in [-0.05, 0) is 19.9 Å². The first-order valence-corrected chi connectivity index (χ1v) is 5.01. The van der Waals surface area contributed by atoms with E-state index in [1.807, 2.05) is 16.9 Å². The Kier molecular flexibility index (Phi) is 4.62. The summed E-state index contributed by atoms with van der Waals surface area (Å²) in [5.74, 6) is 0. The van der Waals surface area contributed by atoms with E-state index in [1.54, 1.807) is 7.11 Å². The van der Waals surface area contributed by atoms with Gasteiger partial charge in [0.2, 0.25) is 0 Å². The molecule has 0 aliphatic heterocycles. The number of ether oxygens (including phenoxy) is 1. The zero-order valence-corrected chi connectivity index (χ0v) is 9.16. The SMILES string of the molecule is CCn1nccc1CN[C@@H](C)COC. The first-order chi connectivity index (χ1) is 6.77. The zero-order chi connectivity index (χ0) is 10.4. The van der Waals surface area contributed by atoms with Gasteiger partial charge in [-0.3, -0.25) is 4.68 Å². The van der Waals surface area contributed by atoms with Gasteiger partial charge in [0.1, 0.15) is 0 Å². The Bertz CT molecular complexity index is 260. The van der Waals surface area contributed by atoms with Crippen molar-refractivity contribution in [1.82, 2.24) is 15.1 Å². The predicted molar refractivity (Wildman–Crippen MR) is 56.1 cm³/mol. The number of rotatable bonds is 6. The van der Waals surface area contributed by atoms with Crippen LogP contribution in [0.15, 0.2) is 12.3 Å². The van der Waals surface area contributed by atoms with Crippen molar-refractivity contribution in [2.75, 3.05) is 13.7 Å². The van der Waals surface area contributed by atoms with Gasteiger partial charge in [-0.15, -0.1) is 0 Å². The van der Waals surface area contributed by atoms with Crippen LogP contribution in [-0.4, -0.2) is 29.5 Å². The van der Waals surface area contributed by atoms with E-state index < -0.39 is 0 Å². The summed E-state index contributed by atoms with van der Waals surface area (Å²) in [5, 5.41) is 7.58. The summed E-state index contributed by atoms with van der Waals surface area (Å²) in [6.07, 6.45) is 1.83. The molecule has 1 aromatic rings. The minimum Gasteiger partial charge on any atom is -0.383 e. The molecule has 1 heterocycles. The minimum absolute atomic E-state index is 0.375. The van der Waals surface area contributed by atoms with Gasteiger partial charge in [0.15, 0.2) is 0 Å². The molecule has 4 nitrogen and oxygen atoms in total. The highest BCUT2D eigenvalue weighted by Gasteiger charge is 2.03. The first-order valence-electron chi connectivity index (χ1n) is 5.01. The second kappa shape index (κ2) is 5.78. The Morgan fingerprint density at radius 1 is 1.64 bits per heavy atom. The molecule has 0 aliphatic carbocycles. The third-order valence-electron chi connectivity index (χ3n) is 2.15. The summed E-state index contributed by atoms with van der Waals surface area (Å²) in [4.78, 5) is 0. The van der Waals surface area contributed by atoms with Crippen LogP contribution in [0.25, 0.3) is 0 Å². The molecular weight excluding hydrogens is 178 g/mol. The monoisotopic (exact) mass is 197 g/mol. The molecule has 1 N–H and O–H groups in total. The van der Waals surface area contributed by atoms with Crippen LogP contribution in [0.2, 0.25) is 0 Å². The van der Waals surface area contributed by atoms with Gasteiger partial charge < -0.3 is 10.1 Å². The number of nitrogens with one attached hydrogen (secondary N) is 1. The quantitative estimate of drug-likeness (QED) is 0.740. The van der Waals surface area contributed by atoms with Crippen molar-refractivity contribution in [2.45, 2.75) is 33.0 Å². The van der Waals surface area contributed by atoms with E-state index in [-0.39, 0.29) is 0 Å². The summed E-state index contributed by atoms with van der Waals surface area (Å²) in [5.41, 5.74) is 1.22. The maximum absolute atomic E-state index is 5.05. The smallest absolute Gasteiger partial charge is 0.0613 e. The summed E-state index contributed by atoms with van der Waals surface area (Å²) in [6, 6.07) is 2.41. The lowest BCUT2D eigenvalue weighted by Gasteiger charge is -2.12. The zero-order valence-electron chi connectivity index (χ0n) is 9.16. The van der Waals surface area contributed by atoms with Gasteiger partial charge in [0, 0.05) is 32.4 Å². The highest BCUT2D eigenvalue weighted by molar-refractivity contribution is 5.00. The number of aromatic nitrogens is 2. The van der Waals surface area contributed by atoms with Gasteiger partial charge in [-0.25, -0.2) is 0 Å². The van der Waals surface area contributed by atoms with Gasteiger partial charge in [-0.1, -0.05) is 0 Å². The maximum atomic E-state index is 5.05. The second-order valence-corrected chi connectivity index (χ2v) is 3.38. The molecule has 1 rings (SSSR count). The van der Waals surface area contributed by atoms with Crippen molar-refractivity contribution < 1.29 is 4.74 Å². The van der Waals surface area contributed by atoms with Crippen molar-refractivity contribution in [2.24, 2.45) is 0 Å². The molecule has 0 aromatic carbocycles. The molecule has 0 aliphatic rings. The number of aryl methyl sites for hydroxylation is 1. The molecule has 4 heteroatoms. The molecule has 1 aromatic heterocycles. The summed E-state index contributed by atoms with van der Waals surface area (Å²) < 4.78 is 7.04. The molecule has 80 valence electrons. The van der Waals surface area contributed by atoms with Crippen molar-refractivity contribution in [3.63, 3.8) is 0 Å². The minimum atomic E-state index is 0.375. The number of hydrogen-bond acceptors (Lipinski definition) is 3. The summed E-state index contributed by atoms with van der Waals surface area (Å²) in [6.45, 7) is 6.70. The predicted octanol–water partition coefficient (Wildman–Crippen LogP) is 1.03. The van der Waals surface area contributed by atoms with E-state index in [4.69, 9.17) is 4.74 Å². The molecule has 0 saturated carbocycles. The molecule has 0 saturated heterocycles. The largest absolute Gasteiger partial charge is 0.383 e. The van der Waals surface area contributed by atoms with Crippen molar-refractivity contribution >= 4 is 0 Å². The van der Waals surface area contributed by atoms with Crippen LogP contribution >= 0.6 is 0 Å². The fraction of sp³-hybridized carbons (Fsp3) is 0.700. The third-order valence-corrected chi connectivity index (χ3v) is 2.15. The molecule has 0 bridgehead atoms. The Balaban J connectivity index is 2.37. The van der Waals surface area contributed by atoms with Gasteiger partial charge in [-0.2, -0.15) is 5.10 Å². The van der Waals surface area contributed by atoms with E-state index >= 15 is 0 Å². The van der Waals surface area contributed by atoms with E-state index in [0.717, 1.165) is 19.7 Å². The van der Waals surface area contributed by atoms with Crippen LogP contribution in [-0.2, 0) is 17.8 Å². The third kappa shape index (κ3) is 3.12. The van der Waals surface area contributed by atoms with Crippen molar-refractivity contribution in [3.05, 3.63) is 18.0 Å². The van der Waals surface area contributed by atoms with E-state index in [0.29, 0.717) is 6.04 Å². The van der Waals surface area contributed by atoms with E-state index in [1.165, 1.54) is 5.69 Å². The lowest BCUT2D eigenvalue weighted by Crippen LogP contribution is -2.30. The normalized spacial score (nSPS) is 13.1. The first kappa shape index (κ1) is 11.2. The lowest BCUT2D eigenvalue weighted by molar-refractivity contribution is 0.171. The Morgan fingerprint density at radius 2 is 2.43 bits per heavy atom. The average molecular weight is 197 g/mol. The van der Waals surface area contributed by atoms with Gasteiger partial charge in [0.25, 0.3) is 0 Å². The van der Waals surface area contributed by atoms with Crippen LogP contribution in [0.1, 0.15) is 19.5 Å². The van der Waals surface area contributed by atoms with Crippen LogP contribution in [0.3, 0.4) is 0 Å². The second-order valence-electron chi connectivity index (χ2n) is 3.38. The highest BCUT2D eigenvalue weighted by atomic mass is 16.5. The van der Waals surface area contributed by atoms with E-state index in [2.05, 4.69) is 24.3 Å². The fourth-order valence-corrected chi connectivity index (χ4v) is 1.38. The van der Waals surface area contributed by atoms with Crippen LogP contribution in [0, 0.1) is 0 Å². The van der Waals surface area contributed by atoms with Crippen LogP contribution in [0.5, 0.6) is 0 Å². The lowest BCUT2D eigenvalue weighted by atomic mass is 10.3. The summed E-state index contributed by atoms with van der Waals surface area (Å²) in [7, 11) is 1.72. The van der Waals surface area contributed by atoms with Gasteiger partial charge in [0.05, 0.1) is 12.3 Å². The fourth-order valence-electron chi connectivity index (χ4n) is 1.38. The topological polar surface area (TPSA) is 39.1 Å². The average Bonchev–Trinajstić information content (AvgIpc) is 2.62. The van der Waals surface area contributed by atoms with Crippen LogP contribution < -0.4 is 5.32 Å². The number of hydrogen-bond donors (Lipinski definition) is 1. The van der Waals surface area contributed by atoms with Gasteiger partial charge >= 0.3 is 0 Å². The van der Waals surface area contributed by atoms with Crippen molar-refractivity contribution in [1.29, 1.82) is 0 Å². The molecule has 0 amide bonds. The molecular formula is C10H19N3O. The Morgan fingerprint density at radius 3 is 3.07 bits per heavy atom. The standard InChI is InChI=1S/C10H19N3O/c1-4-13-10(5-6-12-13)7-11-9(2)8-14-3/h5-6,9,11H,4,7-8H2,1-3H3/t9-/m0/s1. The molecule has 0 spiro atoms. The molecule has 1 atom stereocenters. The van der Waals surface area contributed by atoms with Crippen molar-refractivity contribution in [3.8, 4) is 0 Å². The van der Waals surface area contributed by atoms with E-state index in [9.17, 15) is 0 Å². The maximum Gasteiger partial charge on any atom is 0.0613 e. The summed E-state index contributed by atoms with van der Waals surface area (Å²) >= 11 is 0. The van der Waals surface area contributed by atoms with Crippen LogP contribution in [0.4, 0.5) is 0 Å². The molecule has 0 radical (unpaired) electrons. The Labute approximate surface area is 85.3 Å². The Hall–Kier alpha value is -0.870. The highest BCUT2D eigenvalue weighted by Crippen LogP contribution is 1.98. The molecule has 0 fully saturated rings. The number of nitrogens with zero attached hydrogens (tertiary/aromatic N) is 2. The molecule has 0 unspecified atom stereocenters. The molecule has 14 heavy (non-hydrogen) atoms. The number of methoxy groups -OCH3 is 1.